The second kappa shape index (κ2) is 9.88. The second-order valence-electron chi connectivity index (χ2n) is 7.90. The Labute approximate surface area is 199 Å². The third-order valence-electron chi connectivity index (χ3n) is 5.16. The Hall–Kier alpha value is -4.34. The van der Waals surface area contributed by atoms with Crippen LogP contribution in [0.5, 0.6) is 11.6 Å². The van der Waals surface area contributed by atoms with Crippen molar-refractivity contribution in [3.05, 3.63) is 84.2 Å². The molecule has 1 heterocycles. The van der Waals surface area contributed by atoms with E-state index in [2.05, 4.69) is 20.6 Å². The van der Waals surface area contributed by atoms with Crippen LogP contribution in [0.15, 0.2) is 73.1 Å². The minimum Gasteiger partial charge on any atom is -0.438 e. The Balaban J connectivity index is 1.35. The molecule has 0 radical (unpaired) electrons. The van der Waals surface area contributed by atoms with Crippen LogP contribution < -0.4 is 20.3 Å². The lowest BCUT2D eigenvalue weighted by atomic mass is 10.1. The minimum atomic E-state index is -4.39. The quantitative estimate of drug-likeness (QED) is 0.362. The summed E-state index contributed by atoms with van der Waals surface area (Å²) in [6.07, 6.45) is -2.95. The van der Waals surface area contributed by atoms with Crippen LogP contribution in [-0.2, 0) is 12.7 Å². The van der Waals surface area contributed by atoms with Crippen LogP contribution >= 0.6 is 0 Å². The van der Waals surface area contributed by atoms with Gasteiger partial charge in [0.25, 0.3) is 0 Å². The molecule has 35 heavy (non-hydrogen) atoms. The number of benzene rings is 3. The Kier molecular flexibility index (Phi) is 6.72. The predicted molar refractivity (Wildman–Crippen MR) is 128 cm³/mol. The average Bonchev–Trinajstić information content (AvgIpc) is 2.83. The van der Waals surface area contributed by atoms with Gasteiger partial charge in [-0.05, 0) is 60.2 Å². The van der Waals surface area contributed by atoms with Gasteiger partial charge in [0.05, 0.1) is 16.5 Å². The summed E-state index contributed by atoms with van der Waals surface area (Å²) >= 11 is 0. The van der Waals surface area contributed by atoms with Gasteiger partial charge in [-0.1, -0.05) is 12.1 Å². The number of rotatable bonds is 6. The molecule has 0 bridgehead atoms. The number of carbonyl (C=O) groups excluding carboxylic acids is 1. The number of alkyl halides is 3. The highest BCUT2D eigenvalue weighted by Gasteiger charge is 2.29. The zero-order valence-corrected chi connectivity index (χ0v) is 18.9. The van der Waals surface area contributed by atoms with E-state index in [9.17, 15) is 18.0 Å². The number of ether oxygens (including phenoxy) is 1. The highest BCUT2D eigenvalue weighted by atomic mass is 19.4. The van der Waals surface area contributed by atoms with Crippen molar-refractivity contribution in [3.8, 4) is 11.6 Å². The van der Waals surface area contributed by atoms with E-state index in [-0.39, 0.29) is 6.54 Å². The maximum absolute atomic E-state index is 12.6. The number of fused-ring (bicyclic) bond motifs is 1. The lowest BCUT2D eigenvalue weighted by Crippen LogP contribution is -2.28. The topological polar surface area (TPSA) is 79.4 Å². The fourth-order valence-corrected chi connectivity index (χ4v) is 3.27. The van der Waals surface area contributed by atoms with Gasteiger partial charge in [-0.25, -0.2) is 14.8 Å². The van der Waals surface area contributed by atoms with Crippen LogP contribution in [0.25, 0.3) is 10.9 Å². The fourth-order valence-electron chi connectivity index (χ4n) is 3.27. The molecule has 0 aliphatic carbocycles. The second-order valence-corrected chi connectivity index (χ2v) is 7.90. The molecule has 2 amide bonds. The van der Waals surface area contributed by atoms with Gasteiger partial charge >= 0.3 is 12.2 Å². The van der Waals surface area contributed by atoms with E-state index < -0.39 is 17.8 Å². The van der Waals surface area contributed by atoms with Crippen LogP contribution in [0.3, 0.4) is 0 Å². The van der Waals surface area contributed by atoms with Crippen LogP contribution in [0.2, 0.25) is 0 Å². The van der Waals surface area contributed by atoms with E-state index in [1.807, 2.05) is 37.2 Å². The normalized spacial score (nSPS) is 11.2. The lowest BCUT2D eigenvalue weighted by molar-refractivity contribution is -0.137. The number of hydrogen-bond donors (Lipinski definition) is 2. The lowest BCUT2D eigenvalue weighted by Gasteiger charge is -2.14. The molecule has 0 aliphatic heterocycles. The van der Waals surface area contributed by atoms with Gasteiger partial charge in [0, 0.05) is 32.0 Å². The first-order valence-electron chi connectivity index (χ1n) is 10.6. The van der Waals surface area contributed by atoms with E-state index in [4.69, 9.17) is 4.74 Å². The Morgan fingerprint density at radius 3 is 2.34 bits per heavy atom. The largest absolute Gasteiger partial charge is 0.438 e. The summed E-state index contributed by atoms with van der Waals surface area (Å²) in [7, 11) is 3.90. The fraction of sp³-hybridized carbons (Fsp3) is 0.160. The van der Waals surface area contributed by atoms with E-state index in [1.165, 1.54) is 18.5 Å². The number of nitrogens with one attached hydrogen (secondary N) is 2. The van der Waals surface area contributed by atoms with Crippen LogP contribution in [0, 0.1) is 0 Å². The predicted octanol–water partition coefficient (Wildman–Crippen LogP) is 5.83. The molecule has 0 atom stereocenters. The number of hydrogen-bond acceptors (Lipinski definition) is 5. The maximum Gasteiger partial charge on any atom is 0.416 e. The van der Waals surface area contributed by atoms with Crippen LogP contribution in [0.1, 0.15) is 11.1 Å². The number of halogens is 3. The van der Waals surface area contributed by atoms with Crippen molar-refractivity contribution >= 4 is 28.3 Å². The molecule has 4 aromatic rings. The molecule has 0 saturated carbocycles. The number of amides is 2. The van der Waals surface area contributed by atoms with Gasteiger partial charge in [0.15, 0.2) is 0 Å². The summed E-state index contributed by atoms with van der Waals surface area (Å²) in [6.45, 7) is 0.0848. The molecule has 2 N–H and O–H groups in total. The summed E-state index contributed by atoms with van der Waals surface area (Å²) < 4.78 is 43.8. The zero-order chi connectivity index (χ0) is 25.0. The van der Waals surface area contributed by atoms with Crippen molar-refractivity contribution in [2.24, 2.45) is 0 Å². The molecule has 0 fully saturated rings. The molecule has 7 nitrogen and oxygen atoms in total. The van der Waals surface area contributed by atoms with E-state index in [0.717, 1.165) is 28.7 Å². The van der Waals surface area contributed by atoms with Gasteiger partial charge in [0.2, 0.25) is 5.88 Å². The summed E-state index contributed by atoms with van der Waals surface area (Å²) in [5.74, 6) is 0.938. The monoisotopic (exact) mass is 481 g/mol. The zero-order valence-electron chi connectivity index (χ0n) is 18.9. The molecule has 0 saturated heterocycles. The Morgan fingerprint density at radius 2 is 1.69 bits per heavy atom. The highest BCUT2D eigenvalue weighted by Crippen LogP contribution is 2.30. The van der Waals surface area contributed by atoms with Gasteiger partial charge in [-0.3, -0.25) is 0 Å². The first kappa shape index (κ1) is 23.8. The minimum absolute atomic E-state index is 0.0848. The first-order chi connectivity index (χ1) is 16.7. The Morgan fingerprint density at radius 1 is 0.971 bits per heavy atom. The van der Waals surface area contributed by atoms with Gasteiger partial charge in [-0.2, -0.15) is 13.2 Å². The molecule has 10 heteroatoms. The van der Waals surface area contributed by atoms with Crippen molar-refractivity contribution in [2.75, 3.05) is 24.3 Å². The number of aromatic nitrogens is 2. The van der Waals surface area contributed by atoms with Crippen molar-refractivity contribution in [1.29, 1.82) is 0 Å². The van der Waals surface area contributed by atoms with E-state index >= 15 is 0 Å². The smallest absolute Gasteiger partial charge is 0.416 e. The standard InChI is InChI=1S/C25H22F3N5O2/c1-33(2)19-9-12-21-22(13-19)30-15-31-23(21)35-20-10-7-18(8-11-20)32-24(34)29-14-16-3-5-17(6-4-16)25(26,27)28/h3-13,15H,14H2,1-2H3,(H2,29,32,34). The Bertz CT molecular complexity index is 1320. The number of nitrogens with zero attached hydrogens (tertiary/aromatic N) is 3. The molecule has 1 aromatic heterocycles. The van der Waals surface area contributed by atoms with E-state index in [0.29, 0.717) is 22.9 Å². The molecule has 4 rings (SSSR count). The van der Waals surface area contributed by atoms with Gasteiger partial charge < -0.3 is 20.3 Å². The molecule has 180 valence electrons. The van der Waals surface area contributed by atoms with Crippen molar-refractivity contribution < 1.29 is 22.7 Å². The van der Waals surface area contributed by atoms with Crippen molar-refractivity contribution in [3.63, 3.8) is 0 Å². The number of carbonyl (C=O) groups is 1. The number of anilines is 2. The molecule has 0 aliphatic rings. The number of urea groups is 1. The van der Waals surface area contributed by atoms with E-state index in [1.54, 1.807) is 24.3 Å². The van der Waals surface area contributed by atoms with Crippen molar-refractivity contribution in [1.82, 2.24) is 15.3 Å². The van der Waals surface area contributed by atoms with Gasteiger partial charge in [-0.15, -0.1) is 0 Å². The average molecular weight is 481 g/mol. The molecule has 0 spiro atoms. The third kappa shape index (κ3) is 5.97. The molecule has 0 unspecified atom stereocenters. The summed E-state index contributed by atoms with van der Waals surface area (Å²) in [6, 6.07) is 16.6. The summed E-state index contributed by atoms with van der Waals surface area (Å²) in [4.78, 5) is 22.7. The highest BCUT2D eigenvalue weighted by molar-refractivity contribution is 5.89. The SMILES string of the molecule is CN(C)c1ccc2c(Oc3ccc(NC(=O)NCc4ccc(C(F)(F)F)cc4)cc3)ncnc2c1. The van der Waals surface area contributed by atoms with Crippen LogP contribution in [-0.4, -0.2) is 30.1 Å². The van der Waals surface area contributed by atoms with Gasteiger partial charge in [0.1, 0.15) is 12.1 Å². The maximum atomic E-state index is 12.6. The van der Waals surface area contributed by atoms with Crippen molar-refractivity contribution in [2.45, 2.75) is 12.7 Å². The summed E-state index contributed by atoms with van der Waals surface area (Å²) in [5.41, 5.74) is 2.09. The molecular weight excluding hydrogens is 459 g/mol. The first-order valence-corrected chi connectivity index (χ1v) is 10.6. The third-order valence-corrected chi connectivity index (χ3v) is 5.16. The molecular formula is C25H22F3N5O2. The van der Waals surface area contributed by atoms with Crippen LogP contribution in [0.4, 0.5) is 29.3 Å². The summed E-state index contributed by atoms with van der Waals surface area (Å²) in [5, 5.41) is 6.05. The molecule has 3 aromatic carbocycles.